The summed E-state index contributed by atoms with van der Waals surface area (Å²) in [5, 5.41) is 9.02. The van der Waals surface area contributed by atoms with Crippen LogP contribution in [-0.2, 0) is 11.1 Å². The molecule has 0 aliphatic carbocycles. The van der Waals surface area contributed by atoms with Crippen LogP contribution in [0.15, 0.2) is 24.5 Å². The number of rotatable bonds is 5. The van der Waals surface area contributed by atoms with Gasteiger partial charge in [-0.05, 0) is 66.5 Å². The molecule has 0 unspecified atom stereocenters. The van der Waals surface area contributed by atoms with E-state index in [2.05, 4.69) is 72.5 Å². The van der Waals surface area contributed by atoms with E-state index >= 15 is 0 Å². The van der Waals surface area contributed by atoms with E-state index in [4.69, 9.17) is 0 Å². The molecule has 2 aromatic heterocycles. The number of nitrogens with zero attached hydrogens (tertiary/aromatic N) is 4. The molecule has 0 N–H and O–H groups in total. The van der Waals surface area contributed by atoms with E-state index in [1.807, 2.05) is 13.1 Å². The highest BCUT2D eigenvalue weighted by atomic mass is 15.3. The lowest BCUT2D eigenvalue weighted by Crippen LogP contribution is -2.34. The van der Waals surface area contributed by atoms with Gasteiger partial charge in [-0.25, -0.2) is 0 Å². The number of aromatic nitrogens is 4. The fourth-order valence-electron chi connectivity index (χ4n) is 2.59. The Labute approximate surface area is 121 Å². The summed E-state index contributed by atoms with van der Waals surface area (Å²) in [6.07, 6.45) is 6.06. The van der Waals surface area contributed by atoms with Crippen molar-refractivity contribution >= 4 is 0 Å². The first-order chi connectivity index (χ1) is 9.22. The average molecular weight is 274 g/mol. The zero-order valence-corrected chi connectivity index (χ0v) is 13.5. The van der Waals surface area contributed by atoms with Crippen molar-refractivity contribution in [3.8, 4) is 0 Å². The van der Waals surface area contributed by atoms with Gasteiger partial charge in [0.05, 0.1) is 16.8 Å². The summed E-state index contributed by atoms with van der Waals surface area (Å²) in [5.41, 5.74) is 2.32. The molecule has 0 aliphatic heterocycles. The topological polar surface area (TPSA) is 35.6 Å². The summed E-state index contributed by atoms with van der Waals surface area (Å²) in [5.74, 6) is 0. The smallest absolute Gasteiger partial charge is 0.0593 e. The van der Waals surface area contributed by atoms with E-state index in [0.29, 0.717) is 0 Å². The highest BCUT2D eigenvalue weighted by Gasteiger charge is 2.28. The van der Waals surface area contributed by atoms with Crippen LogP contribution >= 0.6 is 0 Å². The molecule has 0 amide bonds. The number of aryl methyl sites for hydroxylation is 2. The Hall–Kier alpha value is -1.58. The summed E-state index contributed by atoms with van der Waals surface area (Å²) in [7, 11) is 0. The normalized spacial score (nSPS) is 12.9. The second-order valence-corrected chi connectivity index (χ2v) is 6.91. The van der Waals surface area contributed by atoms with E-state index in [9.17, 15) is 0 Å². The van der Waals surface area contributed by atoms with Crippen molar-refractivity contribution in [1.29, 1.82) is 0 Å². The Morgan fingerprint density at radius 3 is 2.15 bits per heavy atom. The van der Waals surface area contributed by atoms with Gasteiger partial charge in [0.25, 0.3) is 0 Å². The van der Waals surface area contributed by atoms with Gasteiger partial charge in [-0.3, -0.25) is 9.36 Å². The third kappa shape index (κ3) is 2.94. The third-order valence-electron chi connectivity index (χ3n) is 4.10. The van der Waals surface area contributed by atoms with Crippen LogP contribution in [-0.4, -0.2) is 19.6 Å². The molecule has 2 aromatic rings. The molecule has 2 rings (SSSR count). The fraction of sp³-hybridized carbons (Fsp3) is 0.625. The van der Waals surface area contributed by atoms with Crippen LogP contribution in [0.1, 0.15) is 51.9 Å². The summed E-state index contributed by atoms with van der Waals surface area (Å²) >= 11 is 0. The average Bonchev–Trinajstić information content (AvgIpc) is 2.96. The molecule has 0 aromatic carbocycles. The van der Waals surface area contributed by atoms with Crippen LogP contribution in [0.4, 0.5) is 0 Å². The van der Waals surface area contributed by atoms with Crippen molar-refractivity contribution in [2.75, 3.05) is 0 Å². The minimum Gasteiger partial charge on any atom is -0.267 e. The molecule has 0 aliphatic rings. The van der Waals surface area contributed by atoms with Gasteiger partial charge in [-0.1, -0.05) is 0 Å². The molecule has 110 valence electrons. The first kappa shape index (κ1) is 14.8. The lowest BCUT2D eigenvalue weighted by atomic mass is 9.89. The van der Waals surface area contributed by atoms with E-state index in [-0.39, 0.29) is 11.1 Å². The van der Waals surface area contributed by atoms with Gasteiger partial charge < -0.3 is 0 Å². The molecular weight excluding hydrogens is 248 g/mol. The Morgan fingerprint density at radius 1 is 1.00 bits per heavy atom. The van der Waals surface area contributed by atoms with Gasteiger partial charge >= 0.3 is 0 Å². The minimum absolute atomic E-state index is 0.0204. The van der Waals surface area contributed by atoms with Crippen molar-refractivity contribution < 1.29 is 0 Å². The molecular formula is C16H26N4. The molecule has 0 saturated carbocycles. The molecule has 4 nitrogen and oxygen atoms in total. The van der Waals surface area contributed by atoms with E-state index in [1.54, 1.807) is 0 Å². The molecule has 0 saturated heterocycles. The second-order valence-electron chi connectivity index (χ2n) is 6.91. The summed E-state index contributed by atoms with van der Waals surface area (Å²) in [4.78, 5) is 0. The molecule has 0 bridgehead atoms. The minimum atomic E-state index is 0.0204. The zero-order valence-electron chi connectivity index (χ0n) is 13.5. The number of hydrogen-bond donors (Lipinski definition) is 0. The van der Waals surface area contributed by atoms with Crippen molar-refractivity contribution in [2.45, 2.75) is 65.5 Å². The summed E-state index contributed by atoms with van der Waals surface area (Å²) in [6, 6.07) is 4.12. The maximum absolute atomic E-state index is 4.56. The van der Waals surface area contributed by atoms with Crippen LogP contribution < -0.4 is 0 Å². The quantitative estimate of drug-likeness (QED) is 0.834. The van der Waals surface area contributed by atoms with Crippen LogP contribution in [0.5, 0.6) is 0 Å². The van der Waals surface area contributed by atoms with Crippen LogP contribution in [0.3, 0.4) is 0 Å². The monoisotopic (exact) mass is 274 g/mol. The molecule has 0 radical (unpaired) electrons. The predicted octanol–water partition coefficient (Wildman–Crippen LogP) is 3.65. The second kappa shape index (κ2) is 5.08. The summed E-state index contributed by atoms with van der Waals surface area (Å²) in [6.45, 7) is 13.1. The highest BCUT2D eigenvalue weighted by Crippen LogP contribution is 2.29. The van der Waals surface area contributed by atoms with Crippen LogP contribution in [0, 0.1) is 13.8 Å². The predicted molar refractivity (Wildman–Crippen MR) is 81.8 cm³/mol. The molecule has 0 fully saturated rings. The van der Waals surface area contributed by atoms with Gasteiger partial charge in [0.15, 0.2) is 0 Å². The Morgan fingerprint density at radius 2 is 1.65 bits per heavy atom. The van der Waals surface area contributed by atoms with Crippen LogP contribution in [0.2, 0.25) is 0 Å². The first-order valence-electron chi connectivity index (χ1n) is 7.26. The molecule has 4 heteroatoms. The SMILES string of the molecule is Cc1ccn(C(C)(C)CCC(C)(C)n2nccc2C)n1. The fourth-order valence-corrected chi connectivity index (χ4v) is 2.59. The molecule has 0 atom stereocenters. The molecule has 2 heterocycles. The zero-order chi connectivity index (χ0) is 15.0. The number of hydrogen-bond acceptors (Lipinski definition) is 2. The first-order valence-corrected chi connectivity index (χ1v) is 7.26. The van der Waals surface area contributed by atoms with Gasteiger partial charge in [0.2, 0.25) is 0 Å². The van der Waals surface area contributed by atoms with Gasteiger partial charge in [0.1, 0.15) is 0 Å². The van der Waals surface area contributed by atoms with E-state index in [0.717, 1.165) is 18.5 Å². The largest absolute Gasteiger partial charge is 0.267 e. The maximum Gasteiger partial charge on any atom is 0.0593 e. The molecule has 0 spiro atoms. The van der Waals surface area contributed by atoms with E-state index < -0.39 is 0 Å². The lowest BCUT2D eigenvalue weighted by Gasteiger charge is -2.32. The summed E-state index contributed by atoms with van der Waals surface area (Å²) < 4.78 is 4.20. The standard InChI is InChI=1S/C16H26N4/c1-13-8-12-19(18-13)15(3,4)9-10-16(5,6)20-14(2)7-11-17-20/h7-8,11-12H,9-10H2,1-6H3. The van der Waals surface area contributed by atoms with Gasteiger partial charge in [0, 0.05) is 18.1 Å². The van der Waals surface area contributed by atoms with Crippen molar-refractivity contribution in [3.63, 3.8) is 0 Å². The van der Waals surface area contributed by atoms with Crippen molar-refractivity contribution in [3.05, 3.63) is 35.9 Å². The molecule has 20 heavy (non-hydrogen) atoms. The maximum atomic E-state index is 4.56. The highest BCUT2D eigenvalue weighted by molar-refractivity contribution is 5.01. The Bertz CT molecular complexity index is 575. The third-order valence-corrected chi connectivity index (χ3v) is 4.10. The van der Waals surface area contributed by atoms with E-state index in [1.165, 1.54) is 5.69 Å². The van der Waals surface area contributed by atoms with Gasteiger partial charge in [-0.2, -0.15) is 10.2 Å². The van der Waals surface area contributed by atoms with Gasteiger partial charge in [-0.15, -0.1) is 0 Å². The lowest BCUT2D eigenvalue weighted by molar-refractivity contribution is 0.211. The van der Waals surface area contributed by atoms with Crippen LogP contribution in [0.25, 0.3) is 0 Å². The van der Waals surface area contributed by atoms with Crippen molar-refractivity contribution in [2.24, 2.45) is 0 Å². The Balaban J connectivity index is 2.09. The Kier molecular flexibility index (Phi) is 3.76. The van der Waals surface area contributed by atoms with Crippen molar-refractivity contribution in [1.82, 2.24) is 19.6 Å².